The van der Waals surface area contributed by atoms with Crippen molar-refractivity contribution in [3.63, 3.8) is 0 Å². The Hall–Kier alpha value is -0.801. The van der Waals surface area contributed by atoms with Gasteiger partial charge in [-0.1, -0.05) is 13.5 Å². The summed E-state index contributed by atoms with van der Waals surface area (Å²) in [5.41, 5.74) is 0.281. The first-order valence-corrected chi connectivity index (χ1v) is 15.3. The Morgan fingerprint density at radius 2 is 1.43 bits per heavy atom. The van der Waals surface area contributed by atoms with Crippen molar-refractivity contribution in [3.05, 3.63) is 12.2 Å². The zero-order valence-electron chi connectivity index (χ0n) is 13.3. The predicted molar refractivity (Wildman–Crippen MR) is 79.6 cm³/mol. The van der Waals surface area contributed by atoms with Crippen molar-refractivity contribution in [2.45, 2.75) is 74.7 Å². The number of carbonyl (C=O) groups is 2. The van der Waals surface area contributed by atoms with E-state index in [2.05, 4.69) is 11.3 Å². The van der Waals surface area contributed by atoms with E-state index in [9.17, 15) is 9.59 Å². The Balaban J connectivity index is 0.0000000827. The molecule has 10 aliphatic heterocycles. The quantitative estimate of drug-likeness (QED) is 0.240. The summed E-state index contributed by atoms with van der Waals surface area (Å²) in [4.78, 5) is 36.7. The van der Waals surface area contributed by atoms with Crippen LogP contribution in [0.4, 0.5) is 0 Å². The molecule has 4 nitrogen and oxygen atoms in total. The topological polar surface area (TPSA) is 52.6 Å². The van der Waals surface area contributed by atoms with Gasteiger partial charge >= 0.3 is 60.6 Å². The second-order valence-corrected chi connectivity index (χ2v) is 35.8. The molecular formula is C18H22FeO4. The van der Waals surface area contributed by atoms with Gasteiger partial charge in [0.05, 0.1) is 0 Å². The maximum absolute atomic E-state index is 10.9. The van der Waals surface area contributed by atoms with Crippen LogP contribution >= 0.6 is 0 Å². The van der Waals surface area contributed by atoms with Crippen molar-refractivity contribution in [1.82, 2.24) is 0 Å². The summed E-state index contributed by atoms with van der Waals surface area (Å²) < 4.78 is 9.16. The third kappa shape index (κ3) is 0.174. The minimum atomic E-state index is -2.28. The fourth-order valence-electron chi connectivity index (χ4n) is 16.3. The van der Waals surface area contributed by atoms with Crippen molar-refractivity contribution in [3.8, 4) is 0 Å². The molecule has 10 heterocycles. The first-order valence-electron chi connectivity index (χ1n) is 8.94. The van der Waals surface area contributed by atoms with Gasteiger partial charge in [0.15, 0.2) is 0 Å². The van der Waals surface area contributed by atoms with E-state index in [1.54, 1.807) is 55.1 Å². The SMILES string of the molecule is C=C(C)C(=O)OC(CC)OC=O.[CH]12[CH]3[CH]4[CH]5[CH]1[Fe]23451678[CH]2[CH]1[CH]6[CH]7[CH]28. The maximum atomic E-state index is 10.9. The Morgan fingerprint density at radius 3 is 1.61 bits per heavy atom. The van der Waals surface area contributed by atoms with Crippen LogP contribution in [0, 0.1) is 0 Å². The van der Waals surface area contributed by atoms with Gasteiger partial charge < -0.3 is 9.47 Å². The first kappa shape index (κ1) is 10.9. The minimum absolute atomic E-state index is 0.250. The van der Waals surface area contributed by atoms with Crippen LogP contribution in [0.5, 0.6) is 0 Å². The average Bonchev–Trinajstić information content (AvgIpc) is 3.47. The van der Waals surface area contributed by atoms with E-state index in [1.165, 1.54) is 6.92 Å². The normalized spacial score (nSPS) is 87.7. The zero-order valence-corrected chi connectivity index (χ0v) is 14.4. The van der Waals surface area contributed by atoms with E-state index in [1.807, 2.05) is 0 Å². The molecule has 0 amide bonds. The van der Waals surface area contributed by atoms with Crippen LogP contribution in [0.1, 0.15) is 20.3 Å². The molecule has 10 saturated heterocycles. The van der Waals surface area contributed by atoms with Gasteiger partial charge in [-0.05, 0) is 6.92 Å². The number of hydrogen-bond donors (Lipinski definition) is 0. The first-order chi connectivity index (χ1) is 10.8. The number of carbonyl (C=O) groups excluding carboxylic acids is 2. The summed E-state index contributed by atoms with van der Waals surface area (Å²) in [6.07, 6.45) is -0.371. The molecule has 23 heavy (non-hydrogen) atoms. The number of hydrogen-bond acceptors (Lipinski definition) is 4. The molecule has 1 atom stereocenters. The van der Waals surface area contributed by atoms with Crippen LogP contribution < -0.4 is 0 Å². The third-order valence-corrected chi connectivity index (χ3v) is 57.6. The molecule has 0 aromatic rings. The van der Waals surface area contributed by atoms with Crippen molar-refractivity contribution in [1.29, 1.82) is 0 Å². The molecule has 0 bridgehead atoms. The molecule has 0 aromatic carbocycles. The molecule has 0 aliphatic carbocycles. The standard InChI is InChI=1S/C8H12O4.2C5H5.Fe/c1-4-7(11-5-9)12-8(10)6(2)3;2*1-2-4-5-3-1;/h5,7H,2,4H2,1,3H3;2*1-5H;. The van der Waals surface area contributed by atoms with Gasteiger partial charge in [0.1, 0.15) is 0 Å². The van der Waals surface area contributed by atoms with Crippen molar-refractivity contribution in [2.24, 2.45) is 0 Å². The van der Waals surface area contributed by atoms with Crippen LogP contribution in [-0.2, 0) is 25.6 Å². The van der Waals surface area contributed by atoms with Gasteiger partial charge in [0.25, 0.3) is 6.47 Å². The fraction of sp³-hybridized carbons (Fsp3) is 0.778. The summed E-state index contributed by atoms with van der Waals surface area (Å²) in [5.74, 6) is -0.552. The van der Waals surface area contributed by atoms with Gasteiger partial charge in [-0.2, -0.15) is 0 Å². The van der Waals surface area contributed by atoms with Gasteiger partial charge in [-0.15, -0.1) is 0 Å². The van der Waals surface area contributed by atoms with E-state index >= 15 is 0 Å². The van der Waals surface area contributed by atoms with Crippen LogP contribution in [0.15, 0.2) is 12.2 Å². The molecule has 10 fully saturated rings. The molecule has 1 unspecified atom stereocenters. The van der Waals surface area contributed by atoms with Crippen LogP contribution in [0.2, 0.25) is 48.2 Å². The van der Waals surface area contributed by atoms with Gasteiger partial charge in [0, 0.05) is 12.0 Å². The second kappa shape index (κ2) is 1.14. The zero-order chi connectivity index (χ0) is 15.7. The Kier molecular flexibility index (Phi) is 0.541. The monoisotopic (exact) mass is 358 g/mol. The molecule has 5 heteroatoms. The van der Waals surface area contributed by atoms with Gasteiger partial charge in [0.2, 0.25) is 6.29 Å². The Bertz CT molecular complexity index is 909. The van der Waals surface area contributed by atoms with Crippen molar-refractivity contribution >= 4 is 12.4 Å². The summed E-state index contributed by atoms with van der Waals surface area (Å²) in [5, 5.41) is 0. The van der Waals surface area contributed by atoms with E-state index < -0.39 is 18.8 Å². The number of rotatable bonds is 5. The van der Waals surface area contributed by atoms with Crippen LogP contribution in [0.25, 0.3) is 0 Å². The summed E-state index contributed by atoms with van der Waals surface area (Å²) in [6.45, 7) is 4.61. The van der Waals surface area contributed by atoms with Crippen LogP contribution in [-0.4, -0.2) is 18.7 Å². The predicted octanol–water partition coefficient (Wildman–Crippen LogP) is 4.39. The molecular weight excluding hydrogens is 336 g/mol. The average molecular weight is 358 g/mol. The summed E-state index contributed by atoms with van der Waals surface area (Å²) in [6, 6.07) is 0. The molecule has 0 saturated carbocycles. The molecule has 10 aliphatic rings. The van der Waals surface area contributed by atoms with E-state index in [-0.39, 0.29) is 12.0 Å². The summed E-state index contributed by atoms with van der Waals surface area (Å²) in [7, 11) is 0. The van der Waals surface area contributed by atoms with E-state index in [0.717, 1.165) is 0 Å². The van der Waals surface area contributed by atoms with Crippen molar-refractivity contribution in [2.75, 3.05) is 0 Å². The number of fused-ring (bicyclic) bond motifs is 10. The molecule has 10 rings (SSSR count). The fourth-order valence-corrected chi connectivity index (χ4v) is 88.5. The second-order valence-electron chi connectivity index (χ2n) is 11.8. The molecule has 0 N–H and O–H groups in total. The molecule has 1 spiro atoms. The molecule has 0 aromatic heterocycles. The summed E-state index contributed by atoms with van der Waals surface area (Å²) >= 11 is 0. The van der Waals surface area contributed by atoms with Crippen LogP contribution in [0.3, 0.4) is 0 Å². The van der Waals surface area contributed by atoms with E-state index in [0.29, 0.717) is 6.42 Å². The Labute approximate surface area is 125 Å². The number of esters is 1. The Morgan fingerprint density at radius 1 is 1.04 bits per heavy atom. The molecule has 126 valence electrons. The van der Waals surface area contributed by atoms with Gasteiger partial charge in [-0.25, -0.2) is 4.79 Å². The number of ether oxygens (including phenoxy) is 2. The molecule has 0 radical (unpaired) electrons. The van der Waals surface area contributed by atoms with Crippen molar-refractivity contribution < 1.29 is 25.6 Å². The van der Waals surface area contributed by atoms with Gasteiger partial charge in [-0.3, -0.25) is 4.79 Å². The van der Waals surface area contributed by atoms with E-state index in [4.69, 9.17) is 4.74 Å². The third-order valence-electron chi connectivity index (χ3n) is 15.7.